The van der Waals surface area contributed by atoms with E-state index in [1.165, 1.54) is 9.87 Å². The van der Waals surface area contributed by atoms with E-state index in [1.807, 2.05) is 12.1 Å². The highest BCUT2D eigenvalue weighted by atomic mass is 32.2. The lowest BCUT2D eigenvalue weighted by Gasteiger charge is -2.34. The molecule has 8 heteroatoms. The molecular weight excluding hydrogens is 412 g/mol. The highest BCUT2D eigenvalue weighted by molar-refractivity contribution is 7.89. The van der Waals surface area contributed by atoms with Crippen LogP contribution in [0.3, 0.4) is 0 Å². The Hall–Kier alpha value is -2.97. The van der Waals surface area contributed by atoms with Crippen LogP contribution in [-0.2, 0) is 16.4 Å². The molecule has 0 bridgehead atoms. The average molecular weight is 439 g/mol. The van der Waals surface area contributed by atoms with Gasteiger partial charge in [-0.25, -0.2) is 8.42 Å². The molecule has 0 atom stereocenters. The predicted molar refractivity (Wildman–Crippen MR) is 121 cm³/mol. The van der Waals surface area contributed by atoms with E-state index in [9.17, 15) is 8.42 Å². The van der Waals surface area contributed by atoms with Gasteiger partial charge in [-0.3, -0.25) is 0 Å². The van der Waals surface area contributed by atoms with Gasteiger partial charge < -0.3 is 9.64 Å². The molecule has 1 aliphatic rings. The number of anilines is 1. The zero-order valence-electron chi connectivity index (χ0n) is 17.7. The SMILES string of the molecule is CCc1ccc(-c2ccc(N3CCN(S(=O)(=O)c4ccc(OC)cc4)CC3)nn2)cc1. The summed E-state index contributed by atoms with van der Waals surface area (Å²) in [7, 11) is -1.97. The van der Waals surface area contributed by atoms with Crippen LogP contribution >= 0.6 is 0 Å². The second kappa shape index (κ2) is 9.03. The molecule has 0 amide bonds. The Morgan fingerprint density at radius 1 is 0.871 bits per heavy atom. The van der Waals surface area contributed by atoms with Crippen LogP contribution in [0.15, 0.2) is 65.6 Å². The fourth-order valence-electron chi connectivity index (χ4n) is 3.61. The first-order valence-corrected chi connectivity index (χ1v) is 11.8. The van der Waals surface area contributed by atoms with Gasteiger partial charge >= 0.3 is 0 Å². The lowest BCUT2D eigenvalue weighted by molar-refractivity contribution is 0.383. The summed E-state index contributed by atoms with van der Waals surface area (Å²) in [5.74, 6) is 1.39. The molecule has 0 saturated carbocycles. The van der Waals surface area contributed by atoms with E-state index < -0.39 is 10.0 Å². The van der Waals surface area contributed by atoms with Crippen molar-refractivity contribution >= 4 is 15.8 Å². The van der Waals surface area contributed by atoms with Gasteiger partial charge in [-0.05, 0) is 48.4 Å². The van der Waals surface area contributed by atoms with Gasteiger partial charge in [0.15, 0.2) is 5.82 Å². The van der Waals surface area contributed by atoms with Crippen LogP contribution < -0.4 is 9.64 Å². The van der Waals surface area contributed by atoms with Crippen molar-refractivity contribution in [3.63, 3.8) is 0 Å². The Labute approximate surface area is 183 Å². The van der Waals surface area contributed by atoms with Gasteiger partial charge in [-0.15, -0.1) is 10.2 Å². The number of sulfonamides is 1. The molecule has 2 aromatic carbocycles. The third-order valence-electron chi connectivity index (χ3n) is 5.57. The first kappa shape index (κ1) is 21.3. The van der Waals surface area contributed by atoms with Crippen LogP contribution in [0, 0.1) is 0 Å². The van der Waals surface area contributed by atoms with E-state index >= 15 is 0 Å². The molecular formula is C23H26N4O3S. The van der Waals surface area contributed by atoms with Crippen molar-refractivity contribution in [2.45, 2.75) is 18.2 Å². The van der Waals surface area contributed by atoms with Crippen molar-refractivity contribution in [3.05, 3.63) is 66.2 Å². The van der Waals surface area contributed by atoms with Crippen LogP contribution in [0.1, 0.15) is 12.5 Å². The molecule has 1 saturated heterocycles. The summed E-state index contributed by atoms with van der Waals surface area (Å²) in [5.41, 5.74) is 3.15. The fraction of sp³-hybridized carbons (Fsp3) is 0.304. The monoisotopic (exact) mass is 438 g/mol. The van der Waals surface area contributed by atoms with Crippen molar-refractivity contribution in [2.75, 3.05) is 38.2 Å². The lowest BCUT2D eigenvalue weighted by Crippen LogP contribution is -2.48. The van der Waals surface area contributed by atoms with E-state index in [4.69, 9.17) is 4.74 Å². The maximum atomic E-state index is 12.9. The van der Waals surface area contributed by atoms with Gasteiger partial charge in [0.1, 0.15) is 5.75 Å². The van der Waals surface area contributed by atoms with Crippen LogP contribution in [0.5, 0.6) is 5.75 Å². The molecule has 0 spiro atoms. The molecule has 0 radical (unpaired) electrons. The topological polar surface area (TPSA) is 75.6 Å². The van der Waals surface area contributed by atoms with E-state index in [0.717, 1.165) is 23.5 Å². The number of hydrogen-bond acceptors (Lipinski definition) is 6. The van der Waals surface area contributed by atoms with E-state index in [-0.39, 0.29) is 4.90 Å². The Balaban J connectivity index is 1.41. The minimum absolute atomic E-state index is 0.278. The Morgan fingerprint density at radius 3 is 2.10 bits per heavy atom. The molecule has 0 unspecified atom stereocenters. The Bertz CT molecular complexity index is 1110. The number of benzene rings is 2. The first-order chi connectivity index (χ1) is 15.0. The highest BCUT2D eigenvalue weighted by Gasteiger charge is 2.29. The highest BCUT2D eigenvalue weighted by Crippen LogP contribution is 2.23. The van der Waals surface area contributed by atoms with Crippen molar-refractivity contribution in [2.24, 2.45) is 0 Å². The minimum atomic E-state index is -3.53. The molecule has 0 N–H and O–H groups in total. The molecule has 7 nitrogen and oxygen atoms in total. The zero-order valence-corrected chi connectivity index (χ0v) is 18.5. The summed E-state index contributed by atoms with van der Waals surface area (Å²) in [6.45, 7) is 4.06. The van der Waals surface area contributed by atoms with Gasteiger partial charge in [0.25, 0.3) is 0 Å². The third-order valence-corrected chi connectivity index (χ3v) is 7.48. The van der Waals surface area contributed by atoms with Gasteiger partial charge in [-0.1, -0.05) is 31.2 Å². The smallest absolute Gasteiger partial charge is 0.243 e. The van der Waals surface area contributed by atoms with Crippen LogP contribution in [0.2, 0.25) is 0 Å². The quantitative estimate of drug-likeness (QED) is 0.588. The summed E-state index contributed by atoms with van der Waals surface area (Å²) >= 11 is 0. The minimum Gasteiger partial charge on any atom is -0.497 e. The summed E-state index contributed by atoms with van der Waals surface area (Å²) < 4.78 is 32.5. The number of nitrogens with zero attached hydrogens (tertiary/aromatic N) is 4. The molecule has 3 aromatic rings. The number of methoxy groups -OCH3 is 1. The second-order valence-corrected chi connectivity index (χ2v) is 9.33. The van der Waals surface area contributed by atoms with Crippen molar-refractivity contribution in [3.8, 4) is 17.0 Å². The Morgan fingerprint density at radius 2 is 1.55 bits per heavy atom. The standard InChI is InChI=1S/C23H26N4O3S/c1-3-18-4-6-19(7-5-18)22-12-13-23(25-24-22)26-14-16-27(17-15-26)31(28,29)21-10-8-20(30-2)9-11-21/h4-13H,3,14-17H2,1-2H3. The number of aromatic nitrogens is 2. The number of ether oxygens (including phenoxy) is 1. The largest absolute Gasteiger partial charge is 0.497 e. The van der Waals surface area contributed by atoms with E-state index in [2.05, 4.69) is 46.3 Å². The Kier molecular flexibility index (Phi) is 6.20. The normalized spacial score (nSPS) is 15.1. The molecule has 1 fully saturated rings. The average Bonchev–Trinajstić information content (AvgIpc) is 2.84. The number of piperazine rings is 1. The third kappa shape index (κ3) is 4.55. The predicted octanol–water partition coefficient (Wildman–Crippen LogP) is 3.23. The van der Waals surface area contributed by atoms with Crippen LogP contribution in [0.4, 0.5) is 5.82 Å². The fourth-order valence-corrected chi connectivity index (χ4v) is 5.04. The summed E-state index contributed by atoms with van der Waals surface area (Å²) in [5, 5.41) is 8.76. The van der Waals surface area contributed by atoms with Gasteiger partial charge in [0, 0.05) is 31.7 Å². The van der Waals surface area contributed by atoms with Gasteiger partial charge in [-0.2, -0.15) is 4.31 Å². The van der Waals surface area contributed by atoms with E-state index in [0.29, 0.717) is 31.9 Å². The summed E-state index contributed by atoms with van der Waals surface area (Å²) in [6.07, 6.45) is 1.01. The molecule has 162 valence electrons. The van der Waals surface area contributed by atoms with E-state index in [1.54, 1.807) is 31.4 Å². The molecule has 2 heterocycles. The maximum absolute atomic E-state index is 12.9. The second-order valence-electron chi connectivity index (χ2n) is 7.39. The van der Waals surface area contributed by atoms with Crippen LogP contribution in [-0.4, -0.2) is 56.2 Å². The van der Waals surface area contributed by atoms with Crippen molar-refractivity contribution < 1.29 is 13.2 Å². The lowest BCUT2D eigenvalue weighted by atomic mass is 10.1. The zero-order chi connectivity index (χ0) is 21.8. The molecule has 0 aliphatic carbocycles. The summed E-state index contributed by atoms with van der Waals surface area (Å²) in [4.78, 5) is 2.34. The molecule has 1 aliphatic heterocycles. The molecule has 4 rings (SSSR count). The van der Waals surface area contributed by atoms with Crippen LogP contribution in [0.25, 0.3) is 11.3 Å². The number of hydrogen-bond donors (Lipinski definition) is 0. The maximum Gasteiger partial charge on any atom is 0.243 e. The van der Waals surface area contributed by atoms with Crippen molar-refractivity contribution in [1.29, 1.82) is 0 Å². The first-order valence-electron chi connectivity index (χ1n) is 10.3. The van der Waals surface area contributed by atoms with Gasteiger partial charge in [0.05, 0.1) is 17.7 Å². The van der Waals surface area contributed by atoms with Gasteiger partial charge in [0.2, 0.25) is 10.0 Å². The van der Waals surface area contributed by atoms with Crippen molar-refractivity contribution in [1.82, 2.24) is 14.5 Å². The number of aryl methyl sites for hydroxylation is 1. The summed E-state index contributed by atoms with van der Waals surface area (Å²) in [6, 6.07) is 18.7. The number of rotatable bonds is 6. The molecule has 31 heavy (non-hydrogen) atoms. The molecule has 1 aromatic heterocycles.